The van der Waals surface area contributed by atoms with Crippen molar-refractivity contribution < 1.29 is 9.53 Å². The highest BCUT2D eigenvalue weighted by Crippen LogP contribution is 2.28. The quantitative estimate of drug-likeness (QED) is 0.760. The van der Waals surface area contributed by atoms with Crippen molar-refractivity contribution in [2.75, 3.05) is 50.1 Å². The number of ether oxygens (including phenoxy) is 1. The minimum atomic E-state index is 0.0654. The maximum absolute atomic E-state index is 12.9. The van der Waals surface area contributed by atoms with E-state index >= 15 is 0 Å². The Kier molecular flexibility index (Phi) is 6.52. The first-order chi connectivity index (χ1) is 13.2. The number of amides is 1. The number of methoxy groups -OCH3 is 1. The Morgan fingerprint density at radius 1 is 1.19 bits per heavy atom. The predicted octanol–water partition coefficient (Wildman–Crippen LogP) is 3.26. The molecule has 2 aromatic rings. The van der Waals surface area contributed by atoms with Crippen molar-refractivity contribution in [3.63, 3.8) is 0 Å². The molecule has 0 radical (unpaired) electrons. The number of nitrogens with zero attached hydrogens (tertiary/aromatic N) is 3. The highest BCUT2D eigenvalue weighted by molar-refractivity contribution is 5.95. The van der Waals surface area contributed by atoms with Gasteiger partial charge >= 0.3 is 0 Å². The van der Waals surface area contributed by atoms with Crippen LogP contribution in [0.4, 0.5) is 11.5 Å². The molecule has 0 spiro atoms. The van der Waals surface area contributed by atoms with Gasteiger partial charge in [0.15, 0.2) is 0 Å². The van der Waals surface area contributed by atoms with Gasteiger partial charge in [0.2, 0.25) is 0 Å². The van der Waals surface area contributed by atoms with Crippen LogP contribution in [0.5, 0.6) is 5.75 Å². The highest BCUT2D eigenvalue weighted by Gasteiger charge is 2.23. The second kappa shape index (κ2) is 9.26. The number of carbonyl (C=O) groups is 1. The van der Waals surface area contributed by atoms with E-state index in [1.807, 2.05) is 29.2 Å². The van der Waals surface area contributed by atoms with Crippen molar-refractivity contribution in [1.82, 2.24) is 9.88 Å². The molecule has 2 heterocycles. The van der Waals surface area contributed by atoms with E-state index in [9.17, 15) is 4.79 Å². The zero-order chi connectivity index (χ0) is 19.1. The predicted molar refractivity (Wildman–Crippen MR) is 109 cm³/mol. The van der Waals surface area contributed by atoms with Crippen LogP contribution in [0, 0.1) is 0 Å². The average molecular weight is 368 g/mol. The number of pyridine rings is 1. The Balaban J connectivity index is 1.61. The molecule has 6 heteroatoms. The maximum Gasteiger partial charge on any atom is 0.254 e. The van der Waals surface area contributed by atoms with E-state index in [4.69, 9.17) is 4.74 Å². The smallest absolute Gasteiger partial charge is 0.254 e. The van der Waals surface area contributed by atoms with Gasteiger partial charge in [0.05, 0.1) is 12.8 Å². The molecule has 1 aromatic carbocycles. The summed E-state index contributed by atoms with van der Waals surface area (Å²) in [5.41, 5.74) is 1.77. The molecule has 0 bridgehead atoms. The van der Waals surface area contributed by atoms with Crippen molar-refractivity contribution in [3.8, 4) is 5.75 Å². The van der Waals surface area contributed by atoms with Gasteiger partial charge < -0.3 is 19.9 Å². The van der Waals surface area contributed by atoms with Crippen molar-refractivity contribution in [2.24, 2.45) is 0 Å². The number of hydrogen-bond donors (Lipinski definition) is 1. The minimum absolute atomic E-state index is 0.0654. The van der Waals surface area contributed by atoms with Gasteiger partial charge in [-0.2, -0.15) is 0 Å². The fourth-order valence-electron chi connectivity index (χ4n) is 3.28. The summed E-state index contributed by atoms with van der Waals surface area (Å²) in [7, 11) is 1.69. The van der Waals surface area contributed by atoms with Crippen LogP contribution in [0.3, 0.4) is 0 Å². The van der Waals surface area contributed by atoms with Gasteiger partial charge in [0.1, 0.15) is 11.6 Å². The SMILES string of the molecule is CCCCNc1cc(C(=O)N2CCN(c3ccccc3OC)CC2)ccn1. The summed E-state index contributed by atoms with van der Waals surface area (Å²) in [5, 5.41) is 3.28. The lowest BCUT2D eigenvalue weighted by atomic mass is 10.2. The van der Waals surface area contributed by atoms with Crippen LogP contribution in [-0.2, 0) is 0 Å². The molecule has 1 aliphatic heterocycles. The van der Waals surface area contributed by atoms with E-state index in [0.29, 0.717) is 18.7 Å². The molecule has 27 heavy (non-hydrogen) atoms. The van der Waals surface area contributed by atoms with Crippen LogP contribution in [0.15, 0.2) is 42.6 Å². The first kappa shape index (κ1) is 19.0. The molecule has 1 saturated heterocycles. The van der Waals surface area contributed by atoms with Crippen molar-refractivity contribution >= 4 is 17.4 Å². The number of benzene rings is 1. The Morgan fingerprint density at radius 3 is 2.70 bits per heavy atom. The molecule has 0 atom stereocenters. The van der Waals surface area contributed by atoms with E-state index in [2.05, 4.69) is 28.2 Å². The first-order valence-corrected chi connectivity index (χ1v) is 9.60. The van der Waals surface area contributed by atoms with E-state index in [1.54, 1.807) is 19.4 Å². The zero-order valence-corrected chi connectivity index (χ0v) is 16.1. The van der Waals surface area contributed by atoms with E-state index < -0.39 is 0 Å². The maximum atomic E-state index is 12.9. The molecule has 1 amide bonds. The number of rotatable bonds is 7. The Morgan fingerprint density at radius 2 is 1.96 bits per heavy atom. The van der Waals surface area contributed by atoms with Gasteiger partial charge in [0, 0.05) is 44.5 Å². The molecule has 1 aliphatic rings. The summed E-state index contributed by atoms with van der Waals surface area (Å²) >= 11 is 0. The Hall–Kier alpha value is -2.76. The number of aromatic nitrogens is 1. The largest absolute Gasteiger partial charge is 0.495 e. The number of hydrogen-bond acceptors (Lipinski definition) is 5. The molecular weight excluding hydrogens is 340 g/mol. The fourth-order valence-corrected chi connectivity index (χ4v) is 3.28. The van der Waals surface area contributed by atoms with Crippen molar-refractivity contribution in [2.45, 2.75) is 19.8 Å². The molecule has 144 valence electrons. The van der Waals surface area contributed by atoms with Crippen LogP contribution in [0.2, 0.25) is 0 Å². The van der Waals surface area contributed by atoms with Gasteiger partial charge in [-0.3, -0.25) is 4.79 Å². The number of unbranched alkanes of at least 4 members (excludes halogenated alkanes) is 1. The third-order valence-corrected chi connectivity index (χ3v) is 4.84. The third-order valence-electron chi connectivity index (χ3n) is 4.84. The number of nitrogens with one attached hydrogen (secondary N) is 1. The molecular formula is C21H28N4O2. The topological polar surface area (TPSA) is 57.7 Å². The van der Waals surface area contributed by atoms with E-state index in [0.717, 1.165) is 49.7 Å². The lowest BCUT2D eigenvalue weighted by molar-refractivity contribution is 0.0746. The minimum Gasteiger partial charge on any atom is -0.495 e. The Bertz CT molecular complexity index is 757. The lowest BCUT2D eigenvalue weighted by Gasteiger charge is -2.36. The Labute approximate surface area is 161 Å². The third kappa shape index (κ3) is 4.70. The summed E-state index contributed by atoms with van der Waals surface area (Å²) in [5.74, 6) is 1.70. The lowest BCUT2D eigenvalue weighted by Crippen LogP contribution is -2.48. The van der Waals surface area contributed by atoms with Crippen LogP contribution < -0.4 is 15.0 Å². The monoisotopic (exact) mass is 368 g/mol. The van der Waals surface area contributed by atoms with Gasteiger partial charge in [-0.05, 0) is 30.7 Å². The molecule has 0 unspecified atom stereocenters. The van der Waals surface area contributed by atoms with Gasteiger partial charge in [-0.1, -0.05) is 25.5 Å². The van der Waals surface area contributed by atoms with Crippen LogP contribution >= 0.6 is 0 Å². The second-order valence-corrected chi connectivity index (χ2v) is 6.66. The molecule has 0 saturated carbocycles. The normalized spacial score (nSPS) is 14.1. The van der Waals surface area contributed by atoms with Crippen molar-refractivity contribution in [3.05, 3.63) is 48.2 Å². The van der Waals surface area contributed by atoms with Crippen LogP contribution in [0.25, 0.3) is 0 Å². The number of carbonyl (C=O) groups excluding carboxylic acids is 1. The summed E-state index contributed by atoms with van der Waals surface area (Å²) < 4.78 is 5.46. The molecule has 1 N–H and O–H groups in total. The zero-order valence-electron chi connectivity index (χ0n) is 16.1. The molecule has 1 aromatic heterocycles. The van der Waals surface area contributed by atoms with Gasteiger partial charge in [-0.15, -0.1) is 0 Å². The summed E-state index contributed by atoms with van der Waals surface area (Å²) in [6.07, 6.45) is 3.92. The summed E-state index contributed by atoms with van der Waals surface area (Å²) in [4.78, 5) is 21.4. The highest BCUT2D eigenvalue weighted by atomic mass is 16.5. The van der Waals surface area contributed by atoms with E-state index in [1.165, 1.54) is 0 Å². The summed E-state index contributed by atoms with van der Waals surface area (Å²) in [6.45, 7) is 5.99. The second-order valence-electron chi connectivity index (χ2n) is 6.66. The number of piperazine rings is 1. The van der Waals surface area contributed by atoms with Crippen molar-refractivity contribution in [1.29, 1.82) is 0 Å². The number of anilines is 2. The van der Waals surface area contributed by atoms with Crippen LogP contribution in [-0.4, -0.2) is 55.6 Å². The molecule has 0 aliphatic carbocycles. The van der Waals surface area contributed by atoms with Gasteiger partial charge in [-0.25, -0.2) is 4.98 Å². The molecule has 3 rings (SSSR count). The van der Waals surface area contributed by atoms with Gasteiger partial charge in [0.25, 0.3) is 5.91 Å². The molecule has 6 nitrogen and oxygen atoms in total. The first-order valence-electron chi connectivity index (χ1n) is 9.60. The van der Waals surface area contributed by atoms with Crippen LogP contribution in [0.1, 0.15) is 30.1 Å². The summed E-state index contributed by atoms with van der Waals surface area (Å²) in [6, 6.07) is 11.7. The van der Waals surface area contributed by atoms with E-state index in [-0.39, 0.29) is 5.91 Å². The number of para-hydroxylation sites is 2. The molecule has 1 fully saturated rings. The fraction of sp³-hybridized carbons (Fsp3) is 0.429. The standard InChI is InChI=1S/C21H28N4O2/c1-3-4-10-22-20-16-17(9-11-23-20)21(26)25-14-12-24(13-15-25)18-7-5-6-8-19(18)27-2/h5-9,11,16H,3-4,10,12-15H2,1-2H3,(H,22,23). The average Bonchev–Trinajstić information content (AvgIpc) is 2.74.